The Morgan fingerprint density at radius 3 is 2.90 bits per heavy atom. The zero-order valence-electron chi connectivity index (χ0n) is 17.6. The van der Waals surface area contributed by atoms with E-state index in [1.54, 1.807) is 0 Å². The molecule has 2 aliphatic rings. The maximum absolute atomic E-state index is 6.50. The molecule has 30 heavy (non-hydrogen) atoms. The van der Waals surface area contributed by atoms with Crippen LogP contribution in [0.15, 0.2) is 45.7 Å². The Morgan fingerprint density at radius 1 is 1.43 bits per heavy atom. The molecule has 158 valence electrons. The number of rotatable bonds is 6. The summed E-state index contributed by atoms with van der Waals surface area (Å²) in [6.45, 7) is 9.94. The largest absolute Gasteiger partial charge is 0.331 e. The van der Waals surface area contributed by atoms with Crippen LogP contribution < -0.4 is 10.6 Å². The first-order chi connectivity index (χ1) is 14.5. The SMILES string of the molecule is C=C(C)/C(Cl)=C(/Nc1nc(C2CCCNC2)cn2c(C3=CC(C)N=C3)cnc12)SC. The molecule has 2 aliphatic heterocycles. The lowest BCUT2D eigenvalue weighted by atomic mass is 9.96. The first-order valence-electron chi connectivity index (χ1n) is 10.2. The van der Waals surface area contributed by atoms with Crippen molar-refractivity contribution in [3.63, 3.8) is 0 Å². The van der Waals surface area contributed by atoms with Gasteiger partial charge in [0.25, 0.3) is 0 Å². The molecule has 1 fully saturated rings. The van der Waals surface area contributed by atoms with Gasteiger partial charge in [-0.25, -0.2) is 9.97 Å². The fourth-order valence-corrected chi connectivity index (χ4v) is 4.63. The van der Waals surface area contributed by atoms with Gasteiger partial charge in [-0.05, 0) is 51.1 Å². The predicted molar refractivity (Wildman–Crippen MR) is 129 cm³/mol. The third kappa shape index (κ3) is 4.19. The van der Waals surface area contributed by atoms with Crippen LogP contribution in [0.2, 0.25) is 0 Å². The number of halogens is 1. The smallest absolute Gasteiger partial charge is 0.180 e. The highest BCUT2D eigenvalue weighted by molar-refractivity contribution is 8.02. The first kappa shape index (κ1) is 21.2. The highest BCUT2D eigenvalue weighted by Crippen LogP contribution is 2.31. The zero-order valence-corrected chi connectivity index (χ0v) is 19.1. The van der Waals surface area contributed by atoms with E-state index in [1.807, 2.05) is 25.6 Å². The minimum Gasteiger partial charge on any atom is -0.331 e. The van der Waals surface area contributed by atoms with Gasteiger partial charge in [-0.2, -0.15) is 0 Å². The first-order valence-corrected chi connectivity index (χ1v) is 11.8. The number of hydrogen-bond donors (Lipinski definition) is 2. The molecule has 2 aromatic heterocycles. The molecule has 0 bridgehead atoms. The van der Waals surface area contributed by atoms with E-state index in [-0.39, 0.29) is 6.04 Å². The van der Waals surface area contributed by atoms with Gasteiger partial charge in [0.15, 0.2) is 11.5 Å². The molecular weight excluding hydrogens is 416 g/mol. The average molecular weight is 443 g/mol. The van der Waals surface area contributed by atoms with Gasteiger partial charge in [0.1, 0.15) is 0 Å². The van der Waals surface area contributed by atoms with Gasteiger partial charge in [-0.15, -0.1) is 11.8 Å². The van der Waals surface area contributed by atoms with Gasteiger partial charge in [-0.1, -0.05) is 18.2 Å². The lowest BCUT2D eigenvalue weighted by Gasteiger charge is -2.23. The molecule has 8 heteroatoms. The maximum atomic E-state index is 6.50. The molecular formula is C22H27ClN6S. The van der Waals surface area contributed by atoms with Crippen LogP contribution in [0.3, 0.4) is 0 Å². The summed E-state index contributed by atoms with van der Waals surface area (Å²) in [6.07, 6.45) is 12.4. The lowest BCUT2D eigenvalue weighted by molar-refractivity contribution is 0.454. The summed E-state index contributed by atoms with van der Waals surface area (Å²) in [5, 5.41) is 8.34. The number of aliphatic imine (C=N–C) groups is 1. The van der Waals surface area contributed by atoms with Gasteiger partial charge in [0.2, 0.25) is 0 Å². The molecule has 0 spiro atoms. The van der Waals surface area contributed by atoms with Crippen molar-refractivity contribution < 1.29 is 0 Å². The van der Waals surface area contributed by atoms with Crippen LogP contribution in [0.5, 0.6) is 0 Å². The Labute approximate surface area is 186 Å². The molecule has 2 N–H and O–H groups in total. The fraction of sp³-hybridized carbons (Fsp3) is 0.409. The normalized spacial score (nSPS) is 22.2. The number of anilines is 1. The minimum atomic E-state index is 0.187. The third-order valence-electron chi connectivity index (χ3n) is 5.40. The second-order valence-corrected chi connectivity index (χ2v) is 8.98. The number of allylic oxidation sites excluding steroid dienone is 3. The van der Waals surface area contributed by atoms with E-state index in [0.29, 0.717) is 16.8 Å². The quantitative estimate of drug-likeness (QED) is 0.628. The van der Waals surface area contributed by atoms with Gasteiger partial charge in [-0.3, -0.25) is 9.39 Å². The number of fused-ring (bicyclic) bond motifs is 1. The Kier molecular flexibility index (Phi) is 6.32. The fourth-order valence-electron chi connectivity index (χ4n) is 3.80. The molecule has 6 nitrogen and oxygen atoms in total. The van der Waals surface area contributed by atoms with E-state index in [9.17, 15) is 0 Å². The van der Waals surface area contributed by atoms with Crippen molar-refractivity contribution in [2.45, 2.75) is 38.6 Å². The molecule has 0 aromatic carbocycles. The van der Waals surface area contributed by atoms with Gasteiger partial charge in [0, 0.05) is 30.4 Å². The monoisotopic (exact) mass is 442 g/mol. The van der Waals surface area contributed by atoms with Crippen LogP contribution in [0.4, 0.5) is 5.82 Å². The number of hydrogen-bond acceptors (Lipinski definition) is 6. The van der Waals surface area contributed by atoms with Crippen molar-refractivity contribution in [2.75, 3.05) is 24.7 Å². The van der Waals surface area contributed by atoms with E-state index in [0.717, 1.165) is 59.1 Å². The Hall–Kier alpha value is -2.09. The summed E-state index contributed by atoms with van der Waals surface area (Å²) in [5.41, 5.74) is 4.73. The molecule has 0 aliphatic carbocycles. The highest BCUT2D eigenvalue weighted by Gasteiger charge is 2.22. The molecule has 0 radical (unpaired) electrons. The van der Waals surface area contributed by atoms with Crippen LogP contribution in [0, 0.1) is 0 Å². The summed E-state index contributed by atoms with van der Waals surface area (Å²) >= 11 is 8.04. The van der Waals surface area contributed by atoms with Crippen molar-refractivity contribution in [3.05, 3.63) is 52.1 Å². The second-order valence-electron chi connectivity index (χ2n) is 7.79. The number of nitrogens with one attached hydrogen (secondary N) is 2. The summed E-state index contributed by atoms with van der Waals surface area (Å²) < 4.78 is 2.13. The van der Waals surface area contributed by atoms with Gasteiger partial charge < -0.3 is 10.6 Å². The number of thioether (sulfide) groups is 1. The van der Waals surface area contributed by atoms with Crippen LogP contribution in [0.25, 0.3) is 11.2 Å². The van der Waals surface area contributed by atoms with E-state index >= 15 is 0 Å². The summed E-state index contributed by atoms with van der Waals surface area (Å²) in [4.78, 5) is 14.2. The van der Waals surface area contributed by atoms with E-state index < -0.39 is 0 Å². The zero-order chi connectivity index (χ0) is 21.3. The average Bonchev–Trinajstić information content (AvgIpc) is 3.37. The molecule has 0 saturated carbocycles. The molecule has 4 rings (SSSR count). The van der Waals surface area contributed by atoms with Crippen LogP contribution >= 0.6 is 23.4 Å². The van der Waals surface area contributed by atoms with Crippen LogP contribution in [-0.4, -0.2) is 46.0 Å². The van der Waals surface area contributed by atoms with E-state index in [4.69, 9.17) is 16.6 Å². The van der Waals surface area contributed by atoms with E-state index in [1.165, 1.54) is 11.8 Å². The van der Waals surface area contributed by atoms with Crippen LogP contribution in [0.1, 0.15) is 44.0 Å². The Balaban J connectivity index is 1.84. The van der Waals surface area contributed by atoms with Gasteiger partial charge >= 0.3 is 0 Å². The van der Waals surface area contributed by atoms with Gasteiger partial charge in [0.05, 0.1) is 33.7 Å². The molecule has 2 atom stereocenters. The lowest BCUT2D eigenvalue weighted by Crippen LogP contribution is -2.29. The van der Waals surface area contributed by atoms with Crippen molar-refractivity contribution in [3.8, 4) is 0 Å². The number of nitrogens with zero attached hydrogens (tertiary/aromatic N) is 4. The minimum absolute atomic E-state index is 0.187. The maximum Gasteiger partial charge on any atom is 0.180 e. The number of aromatic nitrogens is 3. The van der Waals surface area contributed by atoms with Crippen molar-refractivity contribution >= 4 is 46.6 Å². The molecule has 4 heterocycles. The second kappa shape index (κ2) is 8.96. The van der Waals surface area contributed by atoms with Crippen molar-refractivity contribution in [2.24, 2.45) is 4.99 Å². The van der Waals surface area contributed by atoms with Crippen LogP contribution in [-0.2, 0) is 0 Å². The number of piperidine rings is 1. The number of imidazole rings is 1. The summed E-state index contributed by atoms with van der Waals surface area (Å²) in [7, 11) is 0. The molecule has 2 unspecified atom stereocenters. The Bertz CT molecular complexity index is 1060. The predicted octanol–water partition coefficient (Wildman–Crippen LogP) is 4.81. The van der Waals surface area contributed by atoms with E-state index in [2.05, 4.69) is 50.8 Å². The summed E-state index contributed by atoms with van der Waals surface area (Å²) in [5.74, 6) is 1.07. The standard InChI is InChI=1S/C22H27ClN6S/c1-13(2)19(23)22(30-4)28-20-21-26-11-18(16-8-14(3)25-10-16)29(21)12-17(27-20)15-6-5-7-24-9-15/h8,10-12,14-15,24H,1,5-7,9H2,2-4H3,(H,27,28)/b22-19+. The highest BCUT2D eigenvalue weighted by atomic mass is 35.5. The van der Waals surface area contributed by atoms with Crippen molar-refractivity contribution in [1.82, 2.24) is 19.7 Å². The molecule has 0 amide bonds. The third-order valence-corrected chi connectivity index (χ3v) is 6.74. The molecule has 1 saturated heterocycles. The van der Waals surface area contributed by atoms with Crippen molar-refractivity contribution in [1.29, 1.82) is 0 Å². The molecule has 2 aromatic rings. The topological polar surface area (TPSA) is 66.6 Å². The summed E-state index contributed by atoms with van der Waals surface area (Å²) in [6, 6.07) is 0.187. The Morgan fingerprint density at radius 2 is 2.27 bits per heavy atom.